The van der Waals surface area contributed by atoms with Crippen molar-refractivity contribution in [2.24, 2.45) is 5.73 Å². The Bertz CT molecular complexity index is 463. The van der Waals surface area contributed by atoms with Crippen LogP contribution in [0.3, 0.4) is 0 Å². The van der Waals surface area contributed by atoms with Crippen molar-refractivity contribution in [1.82, 2.24) is 4.90 Å². The summed E-state index contributed by atoms with van der Waals surface area (Å²) in [5.41, 5.74) is 9.17. The van der Waals surface area contributed by atoms with Crippen molar-refractivity contribution in [3.05, 3.63) is 27.7 Å². The smallest absolute Gasteiger partial charge is 0.224 e. The summed E-state index contributed by atoms with van der Waals surface area (Å²) >= 11 is 3.56. The molecular weight excluding hydrogens is 330 g/mol. The summed E-state index contributed by atoms with van der Waals surface area (Å²) < 4.78 is 1.12. The van der Waals surface area contributed by atoms with E-state index in [1.165, 1.54) is 11.1 Å². The summed E-state index contributed by atoms with van der Waals surface area (Å²) in [6, 6.07) is 4.10. The highest BCUT2D eigenvalue weighted by Crippen LogP contribution is 2.25. The molecule has 1 unspecified atom stereocenters. The summed E-state index contributed by atoms with van der Waals surface area (Å²) in [5, 5.41) is 3.38. The molecule has 0 spiro atoms. The van der Waals surface area contributed by atoms with E-state index in [1.807, 2.05) is 18.7 Å². The summed E-state index contributed by atoms with van der Waals surface area (Å²) in [4.78, 5) is 14.0. The molecule has 1 aromatic rings. The number of anilines is 1. The van der Waals surface area contributed by atoms with Crippen LogP contribution in [0.5, 0.6) is 0 Å². The highest BCUT2D eigenvalue weighted by atomic mass is 79.9. The minimum Gasteiger partial charge on any atom is -0.381 e. The number of hydrogen-bond donors (Lipinski definition) is 2. The highest BCUT2D eigenvalue weighted by molar-refractivity contribution is 9.10. The minimum absolute atomic E-state index is 0.0434. The van der Waals surface area contributed by atoms with Crippen LogP contribution in [-0.2, 0) is 4.79 Å². The van der Waals surface area contributed by atoms with Crippen LogP contribution in [0, 0.1) is 13.8 Å². The molecule has 0 saturated heterocycles. The van der Waals surface area contributed by atoms with Gasteiger partial charge in [-0.15, -0.1) is 0 Å². The summed E-state index contributed by atoms with van der Waals surface area (Å²) in [7, 11) is 0. The van der Waals surface area contributed by atoms with Gasteiger partial charge in [-0.3, -0.25) is 4.79 Å². The maximum absolute atomic E-state index is 12.2. The number of carbonyl (C=O) groups is 1. The van der Waals surface area contributed by atoms with E-state index in [0.717, 1.165) is 23.2 Å². The van der Waals surface area contributed by atoms with Crippen LogP contribution in [0.2, 0.25) is 0 Å². The van der Waals surface area contributed by atoms with E-state index in [1.54, 1.807) is 0 Å². The molecule has 4 nitrogen and oxygen atoms in total. The number of carbonyl (C=O) groups excluding carboxylic acids is 1. The quantitative estimate of drug-likeness (QED) is 0.790. The molecule has 0 aliphatic heterocycles. The van der Waals surface area contributed by atoms with Crippen LogP contribution in [0.15, 0.2) is 16.6 Å². The first-order chi connectivity index (χ1) is 9.92. The van der Waals surface area contributed by atoms with E-state index < -0.39 is 0 Å². The first-order valence-electron chi connectivity index (χ1n) is 7.44. The van der Waals surface area contributed by atoms with Crippen molar-refractivity contribution in [2.45, 2.75) is 40.2 Å². The van der Waals surface area contributed by atoms with Crippen molar-refractivity contribution >= 4 is 27.5 Å². The van der Waals surface area contributed by atoms with Crippen molar-refractivity contribution in [3.8, 4) is 0 Å². The second kappa shape index (κ2) is 8.39. The molecule has 118 valence electrons. The van der Waals surface area contributed by atoms with Crippen molar-refractivity contribution in [2.75, 3.05) is 25.0 Å². The lowest BCUT2D eigenvalue weighted by atomic mass is 10.1. The molecule has 1 amide bonds. The van der Waals surface area contributed by atoms with Crippen LogP contribution in [0.25, 0.3) is 0 Å². The zero-order valence-corrected chi connectivity index (χ0v) is 15.0. The number of hydrogen-bond acceptors (Lipinski definition) is 3. The maximum Gasteiger partial charge on any atom is 0.224 e. The predicted octanol–water partition coefficient (Wildman–Crippen LogP) is 3.06. The fourth-order valence-corrected chi connectivity index (χ4v) is 2.60. The molecule has 3 N–H and O–H groups in total. The molecule has 0 aliphatic carbocycles. The van der Waals surface area contributed by atoms with Crippen molar-refractivity contribution < 1.29 is 4.79 Å². The van der Waals surface area contributed by atoms with Gasteiger partial charge in [0.15, 0.2) is 0 Å². The van der Waals surface area contributed by atoms with E-state index in [-0.39, 0.29) is 11.9 Å². The second-order valence-corrected chi connectivity index (χ2v) is 6.06. The molecule has 0 fully saturated rings. The lowest BCUT2D eigenvalue weighted by Crippen LogP contribution is -2.38. The van der Waals surface area contributed by atoms with Gasteiger partial charge in [0.2, 0.25) is 5.91 Å². The van der Waals surface area contributed by atoms with Gasteiger partial charge in [-0.05, 0) is 51.0 Å². The van der Waals surface area contributed by atoms with Crippen LogP contribution in [-0.4, -0.2) is 36.5 Å². The monoisotopic (exact) mass is 355 g/mol. The van der Waals surface area contributed by atoms with Gasteiger partial charge >= 0.3 is 0 Å². The predicted molar refractivity (Wildman–Crippen MR) is 92.6 cm³/mol. The van der Waals surface area contributed by atoms with E-state index in [2.05, 4.69) is 47.2 Å². The number of halogens is 1. The first-order valence-corrected chi connectivity index (χ1v) is 8.23. The Hall–Kier alpha value is -1.07. The number of amides is 1. The van der Waals surface area contributed by atoms with Crippen molar-refractivity contribution in [3.63, 3.8) is 0 Å². The Morgan fingerprint density at radius 2 is 1.81 bits per heavy atom. The Balaban J connectivity index is 2.76. The Labute approximate surface area is 136 Å². The van der Waals surface area contributed by atoms with Crippen molar-refractivity contribution in [1.29, 1.82) is 0 Å². The van der Waals surface area contributed by atoms with E-state index in [9.17, 15) is 4.79 Å². The number of nitrogens with one attached hydrogen (secondary N) is 1. The maximum atomic E-state index is 12.2. The average molecular weight is 356 g/mol. The molecule has 0 saturated carbocycles. The van der Waals surface area contributed by atoms with Gasteiger partial charge in [0.1, 0.15) is 0 Å². The number of nitrogens with zero attached hydrogens (tertiary/aromatic N) is 1. The largest absolute Gasteiger partial charge is 0.381 e. The number of aryl methyl sites for hydroxylation is 2. The summed E-state index contributed by atoms with van der Waals surface area (Å²) in [5.74, 6) is 0.147. The zero-order chi connectivity index (χ0) is 16.0. The van der Waals surface area contributed by atoms with Crippen LogP contribution in [0.4, 0.5) is 5.69 Å². The molecule has 1 rings (SSSR count). The molecule has 0 aliphatic rings. The van der Waals surface area contributed by atoms with Crippen LogP contribution < -0.4 is 11.1 Å². The first kappa shape index (κ1) is 18.0. The molecule has 0 heterocycles. The number of benzene rings is 1. The standard InChI is InChI=1S/C16H26BrN3O/c1-5-20(6-2)15(21)9-14(10-18)19-13-7-11(3)16(17)12(4)8-13/h7-8,14,19H,5-6,9-10,18H2,1-4H3. The van der Waals surface area contributed by atoms with Crippen LogP contribution >= 0.6 is 15.9 Å². The molecule has 1 atom stereocenters. The zero-order valence-electron chi connectivity index (χ0n) is 13.4. The SMILES string of the molecule is CCN(CC)C(=O)CC(CN)Nc1cc(C)c(Br)c(C)c1. The molecule has 21 heavy (non-hydrogen) atoms. The summed E-state index contributed by atoms with van der Waals surface area (Å²) in [6.07, 6.45) is 0.423. The molecule has 1 aromatic carbocycles. The van der Waals surface area contributed by atoms with Gasteiger partial charge in [0, 0.05) is 42.3 Å². The highest BCUT2D eigenvalue weighted by Gasteiger charge is 2.16. The van der Waals surface area contributed by atoms with E-state index in [4.69, 9.17) is 5.73 Å². The van der Waals surface area contributed by atoms with Gasteiger partial charge < -0.3 is 16.0 Å². The molecule has 0 bridgehead atoms. The van der Waals surface area contributed by atoms with Gasteiger partial charge in [-0.25, -0.2) is 0 Å². The fraction of sp³-hybridized carbons (Fsp3) is 0.562. The normalized spacial score (nSPS) is 12.1. The summed E-state index contributed by atoms with van der Waals surface area (Å²) in [6.45, 7) is 10.0. The second-order valence-electron chi connectivity index (χ2n) is 5.27. The molecule has 0 aromatic heterocycles. The van der Waals surface area contributed by atoms with Gasteiger partial charge in [0.25, 0.3) is 0 Å². The Kier molecular flexibility index (Phi) is 7.18. The number of nitrogens with two attached hydrogens (primary N) is 1. The van der Waals surface area contributed by atoms with Gasteiger partial charge in [-0.1, -0.05) is 15.9 Å². The lowest BCUT2D eigenvalue weighted by Gasteiger charge is -2.24. The Morgan fingerprint density at radius 3 is 2.24 bits per heavy atom. The van der Waals surface area contributed by atoms with E-state index in [0.29, 0.717) is 13.0 Å². The van der Waals surface area contributed by atoms with E-state index >= 15 is 0 Å². The third-order valence-corrected chi connectivity index (χ3v) is 4.88. The number of rotatable bonds is 7. The average Bonchev–Trinajstić information content (AvgIpc) is 2.45. The minimum atomic E-state index is -0.0434. The van der Waals surface area contributed by atoms with Crippen LogP contribution in [0.1, 0.15) is 31.4 Å². The Morgan fingerprint density at radius 1 is 1.29 bits per heavy atom. The van der Waals surface area contributed by atoms with Gasteiger partial charge in [-0.2, -0.15) is 0 Å². The molecular formula is C16H26BrN3O. The molecule has 5 heteroatoms. The van der Waals surface area contributed by atoms with Gasteiger partial charge in [0.05, 0.1) is 0 Å². The third kappa shape index (κ3) is 5.00. The fourth-order valence-electron chi connectivity index (χ4n) is 2.37. The third-order valence-electron chi connectivity index (χ3n) is 3.63. The lowest BCUT2D eigenvalue weighted by molar-refractivity contribution is -0.131. The topological polar surface area (TPSA) is 58.4 Å². The molecule has 0 radical (unpaired) electrons.